The van der Waals surface area contributed by atoms with Crippen molar-refractivity contribution in [2.45, 2.75) is 6.42 Å². The molecule has 1 N–H and O–H groups in total. The Morgan fingerprint density at radius 3 is 2.61 bits per heavy atom. The maximum Gasteiger partial charge on any atom is 0.309 e. The summed E-state index contributed by atoms with van der Waals surface area (Å²) in [4.78, 5) is 15.3. The Kier molecular flexibility index (Phi) is 4.27. The molecule has 6 nitrogen and oxygen atoms in total. The van der Waals surface area contributed by atoms with Crippen molar-refractivity contribution in [3.8, 4) is 0 Å². The third-order valence-electron chi connectivity index (χ3n) is 3.00. The van der Waals surface area contributed by atoms with Gasteiger partial charge in [0.2, 0.25) is 0 Å². The Morgan fingerprint density at radius 1 is 1.17 bits per heavy atom. The van der Waals surface area contributed by atoms with Crippen molar-refractivity contribution >= 4 is 46.3 Å². The number of aliphatic carboxylic acids is 1. The van der Waals surface area contributed by atoms with Crippen molar-refractivity contribution in [1.82, 2.24) is 9.38 Å². The van der Waals surface area contributed by atoms with E-state index in [1.165, 1.54) is 0 Å². The summed E-state index contributed by atoms with van der Waals surface area (Å²) in [5.74, 6) is -0.630. The fourth-order valence-corrected chi connectivity index (χ4v) is 2.62. The number of hydrogen-bond donors (Lipinski definition) is 1. The van der Waals surface area contributed by atoms with Crippen LogP contribution >= 0.6 is 23.2 Å². The van der Waals surface area contributed by atoms with Gasteiger partial charge in [-0.15, -0.1) is 10.2 Å². The number of carbonyl (C=O) groups is 1. The van der Waals surface area contributed by atoms with E-state index in [4.69, 9.17) is 28.3 Å². The Hall–Kier alpha value is -2.44. The quantitative estimate of drug-likeness (QED) is 0.695. The molecule has 0 aliphatic rings. The molecule has 0 unspecified atom stereocenters. The molecule has 0 bridgehead atoms. The van der Waals surface area contributed by atoms with E-state index in [0.29, 0.717) is 32.9 Å². The van der Waals surface area contributed by atoms with Crippen LogP contribution in [0.3, 0.4) is 0 Å². The summed E-state index contributed by atoms with van der Waals surface area (Å²) in [7, 11) is 0. The number of carboxylic acid groups (broad SMARTS) is 1. The van der Waals surface area contributed by atoms with Crippen molar-refractivity contribution < 1.29 is 9.90 Å². The van der Waals surface area contributed by atoms with Crippen LogP contribution in [-0.4, -0.2) is 20.5 Å². The third-order valence-corrected chi connectivity index (χ3v) is 3.44. The first-order valence-electron chi connectivity index (χ1n) is 6.58. The van der Waals surface area contributed by atoms with Crippen molar-refractivity contribution in [1.29, 1.82) is 0 Å². The predicted octanol–water partition coefficient (Wildman–Crippen LogP) is 4.68. The normalized spacial score (nSPS) is 11.4. The van der Waals surface area contributed by atoms with Crippen LogP contribution < -0.4 is 0 Å². The van der Waals surface area contributed by atoms with Gasteiger partial charge in [0.25, 0.3) is 0 Å². The molecule has 0 amide bonds. The predicted molar refractivity (Wildman–Crippen MR) is 87.2 cm³/mol. The van der Waals surface area contributed by atoms with Gasteiger partial charge in [0.1, 0.15) is 5.65 Å². The zero-order valence-electron chi connectivity index (χ0n) is 11.6. The lowest BCUT2D eigenvalue weighted by molar-refractivity contribution is -0.136. The van der Waals surface area contributed by atoms with E-state index in [9.17, 15) is 4.79 Å². The van der Waals surface area contributed by atoms with Crippen molar-refractivity contribution in [3.63, 3.8) is 0 Å². The molecule has 3 aromatic rings. The second-order valence-electron chi connectivity index (χ2n) is 4.71. The summed E-state index contributed by atoms with van der Waals surface area (Å²) in [5, 5.41) is 18.1. The van der Waals surface area contributed by atoms with Gasteiger partial charge in [-0.1, -0.05) is 29.3 Å². The SMILES string of the molecule is O=C(O)Cc1nc2ccccn2c1N=Nc1cc(Cl)cc(Cl)c1. The molecule has 0 saturated carbocycles. The standard InChI is InChI=1S/C15H10Cl2N4O2/c16-9-5-10(17)7-11(6-9)19-20-15-12(8-14(22)23)18-13-3-1-2-4-21(13)15/h1-7H,8H2,(H,22,23). The van der Waals surface area contributed by atoms with Crippen LogP contribution in [0.4, 0.5) is 11.5 Å². The number of carboxylic acids is 1. The number of benzene rings is 1. The largest absolute Gasteiger partial charge is 0.481 e. The van der Waals surface area contributed by atoms with Gasteiger partial charge in [-0.05, 0) is 30.3 Å². The Labute approximate surface area is 141 Å². The summed E-state index contributed by atoms with van der Waals surface area (Å²) in [6, 6.07) is 10.2. The van der Waals surface area contributed by atoms with Crippen molar-refractivity contribution in [3.05, 3.63) is 58.3 Å². The number of imidazole rings is 1. The minimum atomic E-state index is -0.990. The summed E-state index contributed by atoms with van der Waals surface area (Å²) in [6.07, 6.45) is 1.50. The Bertz CT molecular complexity index is 901. The second kappa shape index (κ2) is 6.36. The molecule has 0 fully saturated rings. The zero-order chi connectivity index (χ0) is 16.4. The molecule has 3 rings (SSSR count). The summed E-state index contributed by atoms with van der Waals surface area (Å²) < 4.78 is 1.67. The Balaban J connectivity index is 2.06. The van der Waals surface area contributed by atoms with Crippen LogP contribution in [0.15, 0.2) is 52.8 Å². The van der Waals surface area contributed by atoms with Crippen molar-refractivity contribution in [2.75, 3.05) is 0 Å². The fraction of sp³-hybridized carbons (Fsp3) is 0.0667. The van der Waals surface area contributed by atoms with E-state index in [2.05, 4.69) is 15.2 Å². The summed E-state index contributed by atoms with van der Waals surface area (Å²) in [5.41, 5.74) is 1.40. The number of nitrogens with zero attached hydrogens (tertiary/aromatic N) is 4. The Morgan fingerprint density at radius 2 is 1.91 bits per heavy atom. The van der Waals surface area contributed by atoms with Crippen molar-refractivity contribution in [2.24, 2.45) is 10.2 Å². The molecule has 0 atom stereocenters. The molecule has 0 spiro atoms. The van der Waals surface area contributed by atoms with E-state index in [0.717, 1.165) is 0 Å². The zero-order valence-corrected chi connectivity index (χ0v) is 13.2. The van der Waals surface area contributed by atoms with E-state index < -0.39 is 5.97 Å². The minimum Gasteiger partial charge on any atom is -0.481 e. The van der Waals surface area contributed by atoms with Crippen LogP contribution in [0.25, 0.3) is 5.65 Å². The molecular formula is C15H10Cl2N4O2. The first kappa shape index (κ1) is 15.5. The first-order valence-corrected chi connectivity index (χ1v) is 7.34. The highest BCUT2D eigenvalue weighted by atomic mass is 35.5. The topological polar surface area (TPSA) is 79.3 Å². The average molecular weight is 349 g/mol. The van der Waals surface area contributed by atoms with E-state index in [-0.39, 0.29) is 6.42 Å². The molecule has 23 heavy (non-hydrogen) atoms. The molecule has 116 valence electrons. The van der Waals surface area contributed by atoms with Crippen LogP contribution in [0.5, 0.6) is 0 Å². The highest BCUT2D eigenvalue weighted by Gasteiger charge is 2.14. The molecule has 0 aliphatic carbocycles. The number of aromatic nitrogens is 2. The van der Waals surface area contributed by atoms with Gasteiger partial charge in [-0.2, -0.15) is 0 Å². The van der Waals surface area contributed by atoms with Crippen LogP contribution in [0, 0.1) is 0 Å². The van der Waals surface area contributed by atoms with E-state index >= 15 is 0 Å². The first-order chi connectivity index (χ1) is 11.0. The number of rotatable bonds is 4. The maximum absolute atomic E-state index is 11.0. The van der Waals surface area contributed by atoms with Crippen LogP contribution in [0.2, 0.25) is 10.0 Å². The molecule has 0 saturated heterocycles. The summed E-state index contributed by atoms with van der Waals surface area (Å²) in [6.45, 7) is 0. The molecular weight excluding hydrogens is 339 g/mol. The molecule has 2 heterocycles. The second-order valence-corrected chi connectivity index (χ2v) is 5.58. The van der Waals surface area contributed by atoms with Gasteiger partial charge in [-0.25, -0.2) is 4.98 Å². The van der Waals surface area contributed by atoms with Gasteiger partial charge < -0.3 is 5.11 Å². The van der Waals surface area contributed by atoms with E-state index in [1.807, 2.05) is 6.07 Å². The fourth-order valence-electron chi connectivity index (χ4n) is 2.10. The maximum atomic E-state index is 11.0. The monoisotopic (exact) mass is 348 g/mol. The average Bonchev–Trinajstić information content (AvgIpc) is 2.80. The number of hydrogen-bond acceptors (Lipinski definition) is 4. The molecule has 0 radical (unpaired) electrons. The van der Waals surface area contributed by atoms with Crippen LogP contribution in [0.1, 0.15) is 5.69 Å². The molecule has 8 heteroatoms. The van der Waals surface area contributed by atoms with Gasteiger partial charge in [-0.3, -0.25) is 9.20 Å². The number of azo groups is 1. The number of halogens is 2. The highest BCUT2D eigenvalue weighted by molar-refractivity contribution is 6.35. The molecule has 2 aromatic heterocycles. The molecule has 1 aromatic carbocycles. The van der Waals surface area contributed by atoms with Gasteiger partial charge in [0, 0.05) is 16.2 Å². The van der Waals surface area contributed by atoms with Gasteiger partial charge >= 0.3 is 5.97 Å². The minimum absolute atomic E-state index is 0.244. The van der Waals surface area contributed by atoms with Gasteiger partial charge in [0.05, 0.1) is 17.8 Å². The number of fused-ring (bicyclic) bond motifs is 1. The van der Waals surface area contributed by atoms with Crippen LogP contribution in [-0.2, 0) is 11.2 Å². The summed E-state index contributed by atoms with van der Waals surface area (Å²) >= 11 is 11.8. The third kappa shape index (κ3) is 3.49. The number of pyridine rings is 1. The lowest BCUT2D eigenvalue weighted by Crippen LogP contribution is -2.00. The molecule has 0 aliphatic heterocycles. The lowest BCUT2D eigenvalue weighted by atomic mass is 10.3. The smallest absolute Gasteiger partial charge is 0.309 e. The van der Waals surface area contributed by atoms with Gasteiger partial charge in [0.15, 0.2) is 5.82 Å². The lowest BCUT2D eigenvalue weighted by Gasteiger charge is -1.98. The van der Waals surface area contributed by atoms with E-state index in [1.54, 1.807) is 40.9 Å². The highest BCUT2D eigenvalue weighted by Crippen LogP contribution is 2.28.